The van der Waals surface area contributed by atoms with Gasteiger partial charge in [0, 0.05) is 6.54 Å². The van der Waals surface area contributed by atoms with E-state index in [0.717, 1.165) is 6.54 Å². The largest absolute Gasteiger partial charge is 0.453 e. The number of nitrogens with zero attached hydrogens (tertiary/aromatic N) is 1. The van der Waals surface area contributed by atoms with Crippen LogP contribution in [0.4, 0.5) is 4.79 Å². The first-order chi connectivity index (χ1) is 3.75. The summed E-state index contributed by atoms with van der Waals surface area (Å²) >= 11 is 0. The third-order valence-corrected chi connectivity index (χ3v) is 1.27. The Bertz CT molecular complexity index is 113. The predicted octanol–water partition coefficient (Wildman–Crippen LogP) is 0.457. The van der Waals surface area contributed by atoms with Gasteiger partial charge in [0.1, 0.15) is 0 Å². The molecule has 1 fully saturated rings. The lowest BCUT2D eigenvalue weighted by molar-refractivity contribution is 0.153. The zero-order valence-corrected chi connectivity index (χ0v) is 5.05. The van der Waals surface area contributed by atoms with Gasteiger partial charge in [-0.1, -0.05) is 0 Å². The lowest BCUT2D eigenvalue weighted by Gasteiger charge is -1.96. The SMILES string of the molecule is COC(=O)N1C[C@H]1C. The fraction of sp³-hybridized carbons (Fsp3) is 0.800. The molecule has 3 nitrogen and oxygen atoms in total. The van der Waals surface area contributed by atoms with Gasteiger partial charge in [-0.3, -0.25) is 0 Å². The second-order valence-corrected chi connectivity index (χ2v) is 1.97. The summed E-state index contributed by atoms with van der Waals surface area (Å²) in [6, 6.07) is 0.405. The molecular formula is C5H9NO2. The molecule has 1 heterocycles. The Kier molecular flexibility index (Phi) is 1.12. The molecule has 0 aromatic carbocycles. The van der Waals surface area contributed by atoms with Crippen LogP contribution in [0.1, 0.15) is 6.92 Å². The van der Waals surface area contributed by atoms with Crippen LogP contribution >= 0.6 is 0 Å². The minimum atomic E-state index is -0.211. The van der Waals surface area contributed by atoms with Crippen molar-refractivity contribution in [2.24, 2.45) is 0 Å². The van der Waals surface area contributed by atoms with Crippen LogP contribution in [0.25, 0.3) is 0 Å². The molecule has 0 saturated carbocycles. The van der Waals surface area contributed by atoms with E-state index in [4.69, 9.17) is 0 Å². The molecule has 0 unspecified atom stereocenters. The van der Waals surface area contributed by atoms with Gasteiger partial charge in [0.05, 0.1) is 13.2 Å². The number of hydrogen-bond acceptors (Lipinski definition) is 2. The van der Waals surface area contributed by atoms with Gasteiger partial charge in [-0.25, -0.2) is 4.79 Å². The average molecular weight is 115 g/mol. The van der Waals surface area contributed by atoms with Crippen molar-refractivity contribution in [3.05, 3.63) is 0 Å². The Hall–Kier alpha value is -0.730. The third kappa shape index (κ3) is 0.757. The number of amides is 1. The summed E-state index contributed by atoms with van der Waals surface area (Å²) in [7, 11) is 1.40. The highest BCUT2D eigenvalue weighted by Gasteiger charge is 2.34. The Balaban J connectivity index is 2.28. The summed E-state index contributed by atoms with van der Waals surface area (Å²) in [4.78, 5) is 12.1. The van der Waals surface area contributed by atoms with Gasteiger partial charge in [0.25, 0.3) is 0 Å². The van der Waals surface area contributed by atoms with Gasteiger partial charge < -0.3 is 9.64 Å². The van der Waals surface area contributed by atoms with E-state index in [-0.39, 0.29) is 6.09 Å². The standard InChI is InChI=1S/C5H9NO2/c1-4-3-6(4)5(7)8-2/h4H,3H2,1-2H3/t4-,6?/m1/s1. The molecule has 0 bridgehead atoms. The smallest absolute Gasteiger partial charge is 0.409 e. The van der Waals surface area contributed by atoms with Gasteiger partial charge in [-0.05, 0) is 6.92 Å². The number of carbonyl (C=O) groups is 1. The number of rotatable bonds is 0. The second kappa shape index (κ2) is 1.65. The zero-order valence-electron chi connectivity index (χ0n) is 5.05. The van der Waals surface area contributed by atoms with E-state index in [9.17, 15) is 4.79 Å². The summed E-state index contributed by atoms with van der Waals surface area (Å²) in [5.41, 5.74) is 0. The van der Waals surface area contributed by atoms with E-state index in [1.165, 1.54) is 7.11 Å². The minimum Gasteiger partial charge on any atom is -0.453 e. The number of hydrogen-bond donors (Lipinski definition) is 0. The van der Waals surface area contributed by atoms with Gasteiger partial charge >= 0.3 is 6.09 Å². The maximum absolute atomic E-state index is 10.5. The van der Waals surface area contributed by atoms with Crippen LogP contribution in [-0.4, -0.2) is 30.7 Å². The van der Waals surface area contributed by atoms with E-state index in [1.54, 1.807) is 4.90 Å². The Morgan fingerprint density at radius 2 is 2.38 bits per heavy atom. The molecular weight excluding hydrogens is 106 g/mol. The number of carbonyl (C=O) groups excluding carboxylic acids is 1. The van der Waals surface area contributed by atoms with Crippen molar-refractivity contribution >= 4 is 6.09 Å². The van der Waals surface area contributed by atoms with Crippen LogP contribution in [-0.2, 0) is 4.74 Å². The maximum Gasteiger partial charge on any atom is 0.409 e. The van der Waals surface area contributed by atoms with Crippen LogP contribution in [0.3, 0.4) is 0 Å². The zero-order chi connectivity index (χ0) is 6.15. The average Bonchev–Trinajstić information content (AvgIpc) is 2.45. The number of ether oxygens (including phenoxy) is 1. The Morgan fingerprint density at radius 3 is 2.50 bits per heavy atom. The topological polar surface area (TPSA) is 29.3 Å². The van der Waals surface area contributed by atoms with E-state index < -0.39 is 0 Å². The van der Waals surface area contributed by atoms with E-state index >= 15 is 0 Å². The summed E-state index contributed by atoms with van der Waals surface area (Å²) in [6.45, 7) is 2.84. The molecule has 0 aromatic rings. The van der Waals surface area contributed by atoms with Crippen LogP contribution in [0, 0.1) is 0 Å². The van der Waals surface area contributed by atoms with Crippen LogP contribution < -0.4 is 0 Å². The molecule has 0 aromatic heterocycles. The summed E-state index contributed by atoms with van der Waals surface area (Å²) in [5.74, 6) is 0. The third-order valence-electron chi connectivity index (χ3n) is 1.27. The lowest BCUT2D eigenvalue weighted by atomic mass is 10.6. The first-order valence-electron chi connectivity index (χ1n) is 2.60. The quantitative estimate of drug-likeness (QED) is 0.429. The van der Waals surface area contributed by atoms with Crippen molar-refractivity contribution in [3.8, 4) is 0 Å². The molecule has 1 saturated heterocycles. The van der Waals surface area contributed by atoms with Crippen molar-refractivity contribution in [2.75, 3.05) is 13.7 Å². The van der Waals surface area contributed by atoms with Crippen LogP contribution in [0.2, 0.25) is 0 Å². The molecule has 0 aliphatic carbocycles. The molecule has 1 amide bonds. The lowest BCUT2D eigenvalue weighted by Crippen LogP contribution is -2.11. The Morgan fingerprint density at radius 1 is 1.88 bits per heavy atom. The van der Waals surface area contributed by atoms with Crippen molar-refractivity contribution in [3.63, 3.8) is 0 Å². The van der Waals surface area contributed by atoms with Crippen LogP contribution in [0.5, 0.6) is 0 Å². The first kappa shape index (κ1) is 5.41. The molecule has 0 radical (unpaired) electrons. The van der Waals surface area contributed by atoms with Gasteiger partial charge in [-0.15, -0.1) is 0 Å². The van der Waals surface area contributed by atoms with Crippen molar-refractivity contribution in [1.82, 2.24) is 4.90 Å². The molecule has 46 valence electrons. The Labute approximate surface area is 48.2 Å². The van der Waals surface area contributed by atoms with Crippen molar-refractivity contribution < 1.29 is 9.53 Å². The van der Waals surface area contributed by atoms with Gasteiger partial charge in [0.2, 0.25) is 0 Å². The van der Waals surface area contributed by atoms with Crippen LogP contribution in [0.15, 0.2) is 0 Å². The van der Waals surface area contributed by atoms with Gasteiger partial charge in [0.15, 0.2) is 0 Å². The molecule has 8 heavy (non-hydrogen) atoms. The fourth-order valence-corrected chi connectivity index (χ4v) is 0.609. The molecule has 1 aliphatic rings. The van der Waals surface area contributed by atoms with E-state index in [2.05, 4.69) is 4.74 Å². The molecule has 3 heteroatoms. The normalized spacial score (nSPS) is 25.2. The molecule has 1 rings (SSSR count). The highest BCUT2D eigenvalue weighted by molar-refractivity contribution is 5.70. The summed E-state index contributed by atoms with van der Waals surface area (Å²) in [5, 5.41) is 0. The molecule has 0 spiro atoms. The summed E-state index contributed by atoms with van der Waals surface area (Å²) in [6.07, 6.45) is -0.211. The van der Waals surface area contributed by atoms with Crippen molar-refractivity contribution in [2.45, 2.75) is 13.0 Å². The second-order valence-electron chi connectivity index (χ2n) is 1.97. The molecule has 0 N–H and O–H groups in total. The summed E-state index contributed by atoms with van der Waals surface area (Å²) < 4.78 is 4.43. The van der Waals surface area contributed by atoms with E-state index in [0.29, 0.717) is 6.04 Å². The minimum absolute atomic E-state index is 0.211. The van der Waals surface area contributed by atoms with Crippen molar-refractivity contribution in [1.29, 1.82) is 0 Å². The highest BCUT2D eigenvalue weighted by atomic mass is 16.5. The highest BCUT2D eigenvalue weighted by Crippen LogP contribution is 2.16. The molecule has 1 aliphatic heterocycles. The maximum atomic E-state index is 10.5. The van der Waals surface area contributed by atoms with E-state index in [1.807, 2.05) is 6.92 Å². The monoisotopic (exact) mass is 115 g/mol. The number of methoxy groups -OCH3 is 1. The van der Waals surface area contributed by atoms with Gasteiger partial charge in [-0.2, -0.15) is 0 Å². The fourth-order valence-electron chi connectivity index (χ4n) is 0.609. The molecule has 1 atom stereocenters. The first-order valence-corrected chi connectivity index (χ1v) is 2.60. The predicted molar refractivity (Wildman–Crippen MR) is 28.6 cm³/mol.